The van der Waals surface area contributed by atoms with Crippen LogP contribution in [0.2, 0.25) is 0 Å². The molecule has 5 N–H and O–H groups in total. The molecule has 1 rings (SSSR count). The minimum absolute atomic E-state index is 0. The monoisotopic (exact) mass is 240 g/mol. The first-order chi connectivity index (χ1) is 5.18. The van der Waals surface area contributed by atoms with Gasteiger partial charge in [-0.05, 0) is 12.1 Å². The second-order valence-corrected chi connectivity index (χ2v) is 3.00. The van der Waals surface area contributed by atoms with Gasteiger partial charge in [0.15, 0.2) is 5.17 Å². The van der Waals surface area contributed by atoms with Crippen molar-refractivity contribution >= 4 is 47.6 Å². The molecule has 1 aromatic heterocycles. The van der Waals surface area contributed by atoms with E-state index in [1.165, 1.54) is 0 Å². The molecule has 0 fully saturated rings. The number of pyridine rings is 1. The number of nitrogen functional groups attached to an aromatic ring is 1. The van der Waals surface area contributed by atoms with Crippen LogP contribution in [0.1, 0.15) is 0 Å². The highest BCUT2D eigenvalue weighted by atomic mass is 35.5. The van der Waals surface area contributed by atoms with Crippen LogP contribution in [0.3, 0.4) is 0 Å². The van der Waals surface area contributed by atoms with Gasteiger partial charge in [0, 0.05) is 11.1 Å². The lowest BCUT2D eigenvalue weighted by Gasteiger charge is -1.97. The highest BCUT2D eigenvalue weighted by Crippen LogP contribution is 2.15. The van der Waals surface area contributed by atoms with Gasteiger partial charge >= 0.3 is 0 Å². The topological polar surface area (TPSA) is 88.8 Å². The molecule has 1 heterocycles. The largest absolute Gasteiger partial charge is 0.384 e. The Hall–Kier alpha value is -0.650. The molecule has 0 aromatic carbocycles. The molecule has 0 aliphatic rings. The van der Waals surface area contributed by atoms with Crippen molar-refractivity contribution in [2.45, 2.75) is 4.90 Å². The van der Waals surface area contributed by atoms with Gasteiger partial charge < -0.3 is 11.5 Å². The van der Waals surface area contributed by atoms with Crippen molar-refractivity contribution in [3.63, 3.8) is 0 Å². The zero-order valence-electron chi connectivity index (χ0n) is 6.56. The maximum atomic E-state index is 6.97. The minimum Gasteiger partial charge on any atom is -0.384 e. The molecular formula is C6H10Cl2N4S. The smallest absolute Gasteiger partial charge is 0.156 e. The average molecular weight is 241 g/mol. The third-order valence-corrected chi connectivity index (χ3v) is 1.68. The molecule has 13 heavy (non-hydrogen) atoms. The lowest BCUT2D eigenvalue weighted by Crippen LogP contribution is -2.03. The van der Waals surface area contributed by atoms with Crippen LogP contribution >= 0.6 is 36.6 Å². The van der Waals surface area contributed by atoms with Crippen molar-refractivity contribution in [2.24, 2.45) is 5.73 Å². The summed E-state index contributed by atoms with van der Waals surface area (Å²) in [4.78, 5) is 4.66. The molecule has 0 unspecified atom stereocenters. The van der Waals surface area contributed by atoms with E-state index >= 15 is 0 Å². The summed E-state index contributed by atoms with van der Waals surface area (Å²) in [6.07, 6.45) is 1.58. The fraction of sp³-hybridized carbons (Fsp3) is 0. The molecule has 0 radical (unpaired) electrons. The van der Waals surface area contributed by atoms with Crippen molar-refractivity contribution in [1.29, 1.82) is 5.41 Å². The van der Waals surface area contributed by atoms with Gasteiger partial charge in [-0.3, -0.25) is 5.41 Å². The molecule has 0 bridgehead atoms. The third-order valence-electron chi connectivity index (χ3n) is 0.987. The van der Waals surface area contributed by atoms with Crippen LogP contribution in [0.5, 0.6) is 0 Å². The van der Waals surface area contributed by atoms with Crippen LogP contribution in [0.25, 0.3) is 0 Å². The second kappa shape index (κ2) is 6.82. The summed E-state index contributed by atoms with van der Waals surface area (Å²) in [5, 5.41) is 7.02. The van der Waals surface area contributed by atoms with Gasteiger partial charge in [0.2, 0.25) is 0 Å². The molecule has 0 spiro atoms. The van der Waals surface area contributed by atoms with E-state index in [0.717, 1.165) is 16.7 Å². The number of halogens is 2. The Bertz CT molecular complexity index is 264. The molecule has 7 heteroatoms. The van der Waals surface area contributed by atoms with Crippen LogP contribution in [0.15, 0.2) is 23.2 Å². The van der Waals surface area contributed by atoms with E-state index in [9.17, 15) is 0 Å². The van der Waals surface area contributed by atoms with Gasteiger partial charge in [-0.2, -0.15) is 0 Å². The van der Waals surface area contributed by atoms with Gasteiger partial charge in [-0.15, -0.1) is 24.8 Å². The summed E-state index contributed by atoms with van der Waals surface area (Å²) in [5.74, 6) is 0.470. The molecule has 0 saturated carbocycles. The molecule has 0 aliphatic heterocycles. The van der Waals surface area contributed by atoms with Crippen LogP contribution in [0.4, 0.5) is 5.82 Å². The van der Waals surface area contributed by atoms with Crippen molar-refractivity contribution in [3.05, 3.63) is 18.3 Å². The Morgan fingerprint density at radius 1 is 1.38 bits per heavy atom. The summed E-state index contributed by atoms with van der Waals surface area (Å²) >= 11 is 1.15. The predicted octanol–water partition coefficient (Wildman–Crippen LogP) is 1.49. The fourth-order valence-electron chi connectivity index (χ4n) is 0.579. The summed E-state index contributed by atoms with van der Waals surface area (Å²) < 4.78 is 0. The number of hydrogen-bond donors (Lipinski definition) is 3. The quantitative estimate of drug-likeness (QED) is 0.395. The fourth-order valence-corrected chi connectivity index (χ4v) is 1.07. The summed E-state index contributed by atoms with van der Waals surface area (Å²) in [7, 11) is 0. The molecular weight excluding hydrogens is 231 g/mol. The van der Waals surface area contributed by atoms with E-state index < -0.39 is 0 Å². The van der Waals surface area contributed by atoms with Crippen molar-refractivity contribution in [1.82, 2.24) is 4.98 Å². The maximum absolute atomic E-state index is 6.97. The van der Waals surface area contributed by atoms with Crippen molar-refractivity contribution in [3.8, 4) is 0 Å². The average Bonchev–Trinajstić information content (AvgIpc) is 1.93. The molecule has 0 saturated heterocycles. The lowest BCUT2D eigenvalue weighted by molar-refractivity contribution is 1.25. The summed E-state index contributed by atoms with van der Waals surface area (Å²) in [5.41, 5.74) is 10.5. The number of nitrogens with two attached hydrogens (primary N) is 2. The normalized spacial score (nSPS) is 8.00. The highest BCUT2D eigenvalue weighted by molar-refractivity contribution is 8.13. The highest BCUT2D eigenvalue weighted by Gasteiger charge is 1.95. The first-order valence-electron chi connectivity index (χ1n) is 2.92. The zero-order valence-corrected chi connectivity index (χ0v) is 9.01. The summed E-state index contributed by atoms with van der Waals surface area (Å²) in [6.45, 7) is 0. The van der Waals surface area contributed by atoms with Gasteiger partial charge in [0.1, 0.15) is 5.82 Å². The first kappa shape index (κ1) is 14.9. The van der Waals surface area contributed by atoms with E-state index in [-0.39, 0.29) is 30.0 Å². The van der Waals surface area contributed by atoms with E-state index in [1.807, 2.05) is 0 Å². The Labute approximate surface area is 92.8 Å². The number of thioether (sulfide) groups is 1. The van der Waals surface area contributed by atoms with Crippen LogP contribution in [-0.2, 0) is 0 Å². The number of nitrogens with zero attached hydrogens (tertiary/aromatic N) is 1. The first-order valence-corrected chi connectivity index (χ1v) is 3.73. The summed E-state index contributed by atoms with van der Waals surface area (Å²) in [6, 6.07) is 3.44. The Kier molecular flexibility index (Phi) is 7.79. The lowest BCUT2D eigenvalue weighted by atomic mass is 10.5. The molecule has 4 nitrogen and oxygen atoms in total. The Balaban J connectivity index is 0. The number of amidine groups is 1. The zero-order chi connectivity index (χ0) is 8.27. The van der Waals surface area contributed by atoms with Crippen LogP contribution in [0, 0.1) is 5.41 Å². The maximum Gasteiger partial charge on any atom is 0.156 e. The van der Waals surface area contributed by atoms with Gasteiger partial charge in [-0.1, -0.05) is 11.8 Å². The number of aromatic nitrogens is 1. The van der Waals surface area contributed by atoms with E-state index in [1.54, 1.807) is 18.3 Å². The molecule has 0 amide bonds. The molecule has 0 atom stereocenters. The number of hydrogen-bond acceptors (Lipinski definition) is 4. The van der Waals surface area contributed by atoms with E-state index in [2.05, 4.69) is 4.98 Å². The Morgan fingerprint density at radius 2 is 2.00 bits per heavy atom. The number of rotatable bonds is 1. The Morgan fingerprint density at radius 3 is 2.38 bits per heavy atom. The SMILES string of the molecule is Cl.Cl.N=C(N)Sc1ccc(N)nc1. The van der Waals surface area contributed by atoms with E-state index in [0.29, 0.717) is 5.82 Å². The van der Waals surface area contributed by atoms with Gasteiger partial charge in [-0.25, -0.2) is 4.98 Å². The number of anilines is 1. The van der Waals surface area contributed by atoms with Gasteiger partial charge in [0.25, 0.3) is 0 Å². The second-order valence-electron chi connectivity index (χ2n) is 1.89. The number of nitrogens with one attached hydrogen (secondary N) is 1. The molecule has 0 aliphatic carbocycles. The van der Waals surface area contributed by atoms with Gasteiger partial charge in [0.05, 0.1) is 0 Å². The van der Waals surface area contributed by atoms with Crippen molar-refractivity contribution in [2.75, 3.05) is 5.73 Å². The molecule has 1 aromatic rings. The van der Waals surface area contributed by atoms with Crippen LogP contribution < -0.4 is 11.5 Å². The standard InChI is InChI=1S/C6H8N4S.2ClH/c7-5-2-1-4(3-10-5)11-6(8)9;;/h1-3H,(H2,7,10)(H3,8,9);2*1H. The predicted molar refractivity (Wildman–Crippen MR) is 60.9 cm³/mol. The van der Waals surface area contributed by atoms with E-state index in [4.69, 9.17) is 16.9 Å². The van der Waals surface area contributed by atoms with Crippen molar-refractivity contribution < 1.29 is 0 Å². The van der Waals surface area contributed by atoms with Crippen LogP contribution in [-0.4, -0.2) is 10.2 Å². The molecule has 74 valence electrons. The third kappa shape index (κ3) is 5.57. The minimum atomic E-state index is 0.